The minimum absolute atomic E-state index is 0.0901. The van der Waals surface area contributed by atoms with Crippen LogP contribution in [0.4, 0.5) is 0 Å². The molecule has 2 nitrogen and oxygen atoms in total. The summed E-state index contributed by atoms with van der Waals surface area (Å²) in [5, 5.41) is 0. The lowest BCUT2D eigenvalue weighted by Gasteiger charge is -2.26. The van der Waals surface area contributed by atoms with Crippen molar-refractivity contribution in [1.82, 2.24) is 0 Å². The summed E-state index contributed by atoms with van der Waals surface area (Å²) in [6.07, 6.45) is 10.4. The van der Waals surface area contributed by atoms with Crippen molar-refractivity contribution in [2.75, 3.05) is 6.61 Å². The minimum atomic E-state index is 0.0901. The predicted octanol–water partition coefficient (Wildman–Crippen LogP) is 3.85. The highest BCUT2D eigenvalue weighted by molar-refractivity contribution is 5.16. The zero-order valence-electron chi connectivity index (χ0n) is 12.0. The largest absolute Gasteiger partial charge is 0.369 e. The first kappa shape index (κ1) is 12.7. The summed E-state index contributed by atoms with van der Waals surface area (Å²) in [5.41, 5.74) is 1.68. The van der Waals surface area contributed by atoms with Crippen LogP contribution in [0.1, 0.15) is 59.3 Å². The van der Waals surface area contributed by atoms with Gasteiger partial charge in [-0.25, -0.2) is 0 Å². The van der Waals surface area contributed by atoms with Crippen LogP contribution in [0.15, 0.2) is 11.6 Å². The lowest BCUT2D eigenvalue weighted by atomic mass is 9.77. The van der Waals surface area contributed by atoms with E-state index in [2.05, 4.69) is 26.8 Å². The molecule has 0 aromatic heterocycles. The Kier molecular flexibility index (Phi) is 3.06. The molecule has 4 atom stereocenters. The minimum Gasteiger partial charge on any atom is -0.369 e. The standard InChI is InChI=1S/C16H26O2/c1-12(2)8-9-14-15(3,18-14)13-7-5-4-6-10-16(13)11-17-16/h8,13-14H,4-7,9-11H2,1-3H3/t13?,14-,15-,16+/m1/s1. The zero-order valence-corrected chi connectivity index (χ0v) is 12.0. The quantitative estimate of drug-likeness (QED) is 0.561. The van der Waals surface area contributed by atoms with E-state index in [1.54, 1.807) is 0 Å². The third kappa shape index (κ3) is 2.14. The molecule has 0 amide bonds. The Morgan fingerprint density at radius 3 is 2.72 bits per heavy atom. The molecule has 0 aromatic rings. The van der Waals surface area contributed by atoms with Crippen molar-refractivity contribution < 1.29 is 9.47 Å². The molecule has 2 heteroatoms. The highest BCUT2D eigenvalue weighted by Gasteiger charge is 2.66. The van der Waals surface area contributed by atoms with Crippen molar-refractivity contribution >= 4 is 0 Å². The predicted molar refractivity (Wildman–Crippen MR) is 72.6 cm³/mol. The van der Waals surface area contributed by atoms with Crippen LogP contribution in [0.2, 0.25) is 0 Å². The van der Waals surface area contributed by atoms with E-state index in [1.165, 1.54) is 37.7 Å². The SMILES string of the molecule is CC(C)=CC[C@H]1O[C@]1(C)C1CCCCC[C@]12CO2. The first-order valence-corrected chi connectivity index (χ1v) is 7.52. The van der Waals surface area contributed by atoms with Gasteiger partial charge in [-0.05, 0) is 40.0 Å². The van der Waals surface area contributed by atoms with Gasteiger partial charge in [0.2, 0.25) is 0 Å². The Bertz CT molecular complexity index is 352. The van der Waals surface area contributed by atoms with Crippen molar-refractivity contribution in [2.24, 2.45) is 5.92 Å². The second-order valence-corrected chi connectivity index (χ2v) is 6.81. The van der Waals surface area contributed by atoms with Gasteiger partial charge in [-0.1, -0.05) is 30.9 Å². The fraction of sp³-hybridized carbons (Fsp3) is 0.875. The van der Waals surface area contributed by atoms with Gasteiger partial charge < -0.3 is 9.47 Å². The van der Waals surface area contributed by atoms with Crippen molar-refractivity contribution in [1.29, 1.82) is 0 Å². The highest BCUT2D eigenvalue weighted by atomic mass is 16.6. The summed E-state index contributed by atoms with van der Waals surface area (Å²) in [6, 6.07) is 0. The molecule has 1 saturated carbocycles. The van der Waals surface area contributed by atoms with Crippen LogP contribution < -0.4 is 0 Å². The first-order valence-electron chi connectivity index (χ1n) is 7.52. The van der Waals surface area contributed by atoms with E-state index in [0.29, 0.717) is 12.0 Å². The molecule has 102 valence electrons. The van der Waals surface area contributed by atoms with E-state index in [0.717, 1.165) is 13.0 Å². The molecule has 0 radical (unpaired) electrons. The summed E-state index contributed by atoms with van der Waals surface area (Å²) in [7, 11) is 0. The van der Waals surface area contributed by atoms with Crippen LogP contribution in [0.5, 0.6) is 0 Å². The Morgan fingerprint density at radius 2 is 2.06 bits per heavy atom. The lowest BCUT2D eigenvalue weighted by Crippen LogP contribution is -2.36. The molecular weight excluding hydrogens is 224 g/mol. The maximum absolute atomic E-state index is 6.10. The van der Waals surface area contributed by atoms with Gasteiger partial charge in [-0.15, -0.1) is 0 Å². The van der Waals surface area contributed by atoms with Crippen molar-refractivity contribution in [3.63, 3.8) is 0 Å². The molecule has 3 fully saturated rings. The number of hydrogen-bond donors (Lipinski definition) is 0. The smallest absolute Gasteiger partial charge is 0.0979 e. The molecule has 2 aliphatic heterocycles. The Balaban J connectivity index is 1.68. The summed E-state index contributed by atoms with van der Waals surface area (Å²) >= 11 is 0. The third-order valence-electron chi connectivity index (χ3n) is 5.15. The van der Waals surface area contributed by atoms with Gasteiger partial charge in [0.15, 0.2) is 0 Å². The van der Waals surface area contributed by atoms with Gasteiger partial charge in [0, 0.05) is 5.92 Å². The molecule has 18 heavy (non-hydrogen) atoms. The van der Waals surface area contributed by atoms with E-state index in [9.17, 15) is 0 Å². The number of ether oxygens (including phenoxy) is 2. The number of rotatable bonds is 3. The van der Waals surface area contributed by atoms with Crippen molar-refractivity contribution in [3.8, 4) is 0 Å². The Hall–Kier alpha value is -0.340. The summed E-state index contributed by atoms with van der Waals surface area (Å²) in [5.74, 6) is 0.628. The molecule has 0 aromatic carbocycles. The summed E-state index contributed by atoms with van der Waals surface area (Å²) in [4.78, 5) is 0. The van der Waals surface area contributed by atoms with Gasteiger partial charge in [0.25, 0.3) is 0 Å². The van der Waals surface area contributed by atoms with E-state index < -0.39 is 0 Å². The molecule has 3 rings (SSSR count). The van der Waals surface area contributed by atoms with Crippen LogP contribution in [0.3, 0.4) is 0 Å². The normalized spacial score (nSPS) is 46.6. The number of allylic oxidation sites excluding steroid dienone is 1. The monoisotopic (exact) mass is 250 g/mol. The number of epoxide rings is 2. The van der Waals surface area contributed by atoms with Crippen LogP contribution >= 0.6 is 0 Å². The van der Waals surface area contributed by atoms with Crippen molar-refractivity contribution in [2.45, 2.75) is 76.6 Å². The van der Waals surface area contributed by atoms with E-state index in [1.807, 2.05) is 0 Å². The molecule has 1 unspecified atom stereocenters. The maximum atomic E-state index is 6.10. The van der Waals surface area contributed by atoms with Crippen LogP contribution in [0, 0.1) is 5.92 Å². The lowest BCUT2D eigenvalue weighted by molar-refractivity contribution is 0.121. The van der Waals surface area contributed by atoms with Crippen molar-refractivity contribution in [3.05, 3.63) is 11.6 Å². The topological polar surface area (TPSA) is 25.1 Å². The molecule has 0 N–H and O–H groups in total. The molecule has 1 spiro atoms. The average Bonchev–Trinajstić information content (AvgIpc) is 3.20. The molecule has 1 aliphatic carbocycles. The maximum Gasteiger partial charge on any atom is 0.0979 e. The molecule has 2 saturated heterocycles. The second-order valence-electron chi connectivity index (χ2n) is 6.81. The van der Waals surface area contributed by atoms with E-state index in [-0.39, 0.29) is 11.2 Å². The van der Waals surface area contributed by atoms with Gasteiger partial charge in [0.1, 0.15) is 0 Å². The fourth-order valence-corrected chi connectivity index (χ4v) is 3.84. The molecule has 0 bridgehead atoms. The molecular formula is C16H26O2. The van der Waals surface area contributed by atoms with Gasteiger partial charge in [0.05, 0.1) is 23.9 Å². The summed E-state index contributed by atoms with van der Waals surface area (Å²) in [6.45, 7) is 7.62. The third-order valence-corrected chi connectivity index (χ3v) is 5.15. The van der Waals surface area contributed by atoms with Crippen LogP contribution in [0.25, 0.3) is 0 Å². The van der Waals surface area contributed by atoms with Crippen LogP contribution in [-0.4, -0.2) is 23.9 Å². The first-order chi connectivity index (χ1) is 8.57. The van der Waals surface area contributed by atoms with E-state index in [4.69, 9.17) is 9.47 Å². The van der Waals surface area contributed by atoms with Gasteiger partial charge >= 0.3 is 0 Å². The number of hydrogen-bond acceptors (Lipinski definition) is 2. The average molecular weight is 250 g/mol. The van der Waals surface area contributed by atoms with Crippen LogP contribution in [-0.2, 0) is 9.47 Å². The Morgan fingerprint density at radius 1 is 1.28 bits per heavy atom. The van der Waals surface area contributed by atoms with Gasteiger partial charge in [-0.2, -0.15) is 0 Å². The summed E-state index contributed by atoms with van der Waals surface area (Å²) < 4.78 is 12.0. The van der Waals surface area contributed by atoms with E-state index >= 15 is 0 Å². The molecule has 3 aliphatic rings. The van der Waals surface area contributed by atoms with Gasteiger partial charge in [-0.3, -0.25) is 0 Å². The molecule has 2 heterocycles. The zero-order chi connectivity index (χ0) is 12.8. The fourth-order valence-electron chi connectivity index (χ4n) is 3.84. The highest BCUT2D eigenvalue weighted by Crippen LogP contribution is 2.57. The Labute approximate surface area is 111 Å². The second kappa shape index (κ2) is 4.35.